The predicted molar refractivity (Wildman–Crippen MR) is 89.1 cm³/mol. The Bertz CT molecular complexity index is 660. The Hall–Kier alpha value is -2.19. The predicted octanol–water partition coefficient (Wildman–Crippen LogP) is 2.87. The second-order valence-electron chi connectivity index (χ2n) is 5.10. The lowest BCUT2D eigenvalue weighted by atomic mass is 10.3. The average molecular weight is 336 g/mol. The van der Waals surface area contributed by atoms with E-state index >= 15 is 0 Å². The molecule has 0 aliphatic rings. The van der Waals surface area contributed by atoms with E-state index in [0.29, 0.717) is 22.5 Å². The molecule has 0 fully saturated rings. The van der Waals surface area contributed by atoms with Gasteiger partial charge in [0.2, 0.25) is 5.06 Å². The Labute approximate surface area is 139 Å². The van der Waals surface area contributed by atoms with Gasteiger partial charge in [-0.3, -0.25) is 10.3 Å². The van der Waals surface area contributed by atoms with Crippen LogP contribution in [0, 0.1) is 6.92 Å². The van der Waals surface area contributed by atoms with Gasteiger partial charge in [0.15, 0.2) is 5.13 Å². The van der Waals surface area contributed by atoms with Crippen LogP contribution in [-0.2, 0) is 0 Å². The zero-order valence-electron chi connectivity index (χ0n) is 13.3. The van der Waals surface area contributed by atoms with E-state index in [0.717, 1.165) is 5.56 Å². The highest BCUT2D eigenvalue weighted by Gasteiger charge is 2.15. The van der Waals surface area contributed by atoms with Crippen molar-refractivity contribution in [1.82, 2.24) is 14.9 Å². The Balaban J connectivity index is 1.97. The molecule has 124 valence electrons. The van der Waals surface area contributed by atoms with Gasteiger partial charge in [-0.05, 0) is 32.4 Å². The molecule has 2 aromatic rings. The van der Waals surface area contributed by atoms with Gasteiger partial charge < -0.3 is 14.7 Å². The first-order valence-corrected chi connectivity index (χ1v) is 8.09. The topological polar surface area (TPSA) is 87.6 Å². The van der Waals surface area contributed by atoms with Crippen molar-refractivity contribution in [3.8, 4) is 10.8 Å². The van der Waals surface area contributed by atoms with Crippen molar-refractivity contribution in [3.63, 3.8) is 0 Å². The largest absolute Gasteiger partial charge is 0.443 e. The van der Waals surface area contributed by atoms with Crippen LogP contribution in [0.3, 0.4) is 0 Å². The number of aliphatic hydroxyl groups is 1. The van der Waals surface area contributed by atoms with E-state index in [-0.39, 0.29) is 12.6 Å². The Kier molecular flexibility index (Phi) is 5.89. The third kappa shape index (κ3) is 5.19. The molecule has 0 aliphatic carbocycles. The number of aliphatic hydroxyl groups excluding tert-OH is 1. The molecule has 0 spiro atoms. The summed E-state index contributed by atoms with van der Waals surface area (Å²) >= 11 is 1.23. The van der Waals surface area contributed by atoms with E-state index in [1.807, 2.05) is 19.9 Å². The summed E-state index contributed by atoms with van der Waals surface area (Å²) in [5.41, 5.74) is 0.997. The second-order valence-corrected chi connectivity index (χ2v) is 6.10. The van der Waals surface area contributed by atoms with E-state index in [4.69, 9.17) is 4.74 Å². The lowest BCUT2D eigenvalue weighted by molar-refractivity contribution is 0.141. The molecule has 2 rings (SSSR count). The van der Waals surface area contributed by atoms with Gasteiger partial charge in [-0.15, -0.1) is 0 Å². The molecule has 0 saturated heterocycles. The molecule has 7 nitrogen and oxygen atoms in total. The van der Waals surface area contributed by atoms with Gasteiger partial charge in [-0.2, -0.15) is 0 Å². The van der Waals surface area contributed by atoms with Crippen molar-refractivity contribution in [1.29, 1.82) is 0 Å². The molecule has 0 saturated carbocycles. The molecular formula is C15H20N4O3S. The van der Waals surface area contributed by atoms with Gasteiger partial charge in [-0.1, -0.05) is 11.3 Å². The average Bonchev–Trinajstić information content (AvgIpc) is 2.91. The van der Waals surface area contributed by atoms with Crippen LogP contribution in [0.25, 0.3) is 0 Å². The van der Waals surface area contributed by atoms with Crippen LogP contribution >= 0.6 is 11.3 Å². The van der Waals surface area contributed by atoms with Gasteiger partial charge in [-0.25, -0.2) is 9.78 Å². The normalized spacial score (nSPS) is 11.8. The molecule has 0 radical (unpaired) electrons. The molecule has 0 bridgehead atoms. The molecule has 0 aromatic carbocycles. The minimum atomic E-state index is -0.579. The maximum absolute atomic E-state index is 12.1. The van der Waals surface area contributed by atoms with Crippen LogP contribution in [0.2, 0.25) is 0 Å². The van der Waals surface area contributed by atoms with Crippen LogP contribution in [-0.4, -0.2) is 45.2 Å². The summed E-state index contributed by atoms with van der Waals surface area (Å²) in [4.78, 5) is 21.8. The molecule has 0 aliphatic heterocycles. The SMILES string of the molecule is CCN(C[C@H](C)O)C(=O)Nc1ncc(Oc2cncc(C)c2)s1. The summed E-state index contributed by atoms with van der Waals surface area (Å²) in [5, 5.41) is 13.1. The van der Waals surface area contributed by atoms with Crippen LogP contribution in [0.4, 0.5) is 9.93 Å². The van der Waals surface area contributed by atoms with Crippen molar-refractivity contribution >= 4 is 22.5 Å². The smallest absolute Gasteiger partial charge is 0.323 e. The number of hydrogen-bond acceptors (Lipinski definition) is 6. The van der Waals surface area contributed by atoms with E-state index < -0.39 is 6.10 Å². The van der Waals surface area contributed by atoms with E-state index in [2.05, 4.69) is 15.3 Å². The van der Waals surface area contributed by atoms with Gasteiger partial charge in [0.25, 0.3) is 0 Å². The number of thiazole rings is 1. The van der Waals surface area contributed by atoms with Crippen molar-refractivity contribution in [2.75, 3.05) is 18.4 Å². The summed E-state index contributed by atoms with van der Waals surface area (Å²) in [6, 6.07) is 1.57. The number of anilines is 1. The number of nitrogens with zero attached hydrogens (tertiary/aromatic N) is 3. The third-order valence-corrected chi connectivity index (χ3v) is 3.71. The quantitative estimate of drug-likeness (QED) is 0.847. The number of carbonyl (C=O) groups is 1. The fourth-order valence-electron chi connectivity index (χ4n) is 1.91. The minimum Gasteiger partial charge on any atom is -0.443 e. The highest BCUT2D eigenvalue weighted by atomic mass is 32.1. The first-order chi connectivity index (χ1) is 11.0. The fourth-order valence-corrected chi connectivity index (χ4v) is 2.59. The Morgan fingerprint density at radius 3 is 2.91 bits per heavy atom. The highest BCUT2D eigenvalue weighted by molar-refractivity contribution is 7.17. The number of hydrogen-bond donors (Lipinski definition) is 2. The molecule has 2 aromatic heterocycles. The van der Waals surface area contributed by atoms with Crippen LogP contribution in [0.1, 0.15) is 19.4 Å². The van der Waals surface area contributed by atoms with Crippen LogP contribution in [0.5, 0.6) is 10.8 Å². The van der Waals surface area contributed by atoms with Crippen molar-refractivity contribution in [2.24, 2.45) is 0 Å². The summed E-state index contributed by atoms with van der Waals surface area (Å²) in [6.45, 7) is 6.19. The number of urea groups is 1. The summed E-state index contributed by atoms with van der Waals surface area (Å²) in [6.07, 6.45) is 4.33. The molecule has 2 amide bonds. The zero-order valence-corrected chi connectivity index (χ0v) is 14.1. The second kappa shape index (κ2) is 7.89. The van der Waals surface area contributed by atoms with E-state index in [9.17, 15) is 9.90 Å². The monoisotopic (exact) mass is 336 g/mol. The van der Waals surface area contributed by atoms with Gasteiger partial charge in [0.05, 0.1) is 18.5 Å². The Morgan fingerprint density at radius 1 is 1.48 bits per heavy atom. The van der Waals surface area contributed by atoms with E-state index in [1.54, 1.807) is 25.5 Å². The zero-order chi connectivity index (χ0) is 16.8. The molecular weight excluding hydrogens is 316 g/mol. The number of carbonyl (C=O) groups excluding carboxylic acids is 1. The molecule has 1 atom stereocenters. The molecule has 2 N–H and O–H groups in total. The third-order valence-electron chi connectivity index (χ3n) is 2.92. The van der Waals surface area contributed by atoms with Gasteiger partial charge in [0, 0.05) is 19.3 Å². The lowest BCUT2D eigenvalue weighted by Crippen LogP contribution is -2.39. The first kappa shape index (κ1) is 17.2. The standard InChI is InChI=1S/C15H20N4O3S/c1-4-19(9-11(3)20)15(21)18-14-17-8-13(23-14)22-12-5-10(2)6-16-7-12/h5-8,11,20H,4,9H2,1-3H3,(H,17,18,21)/t11-/m0/s1. The molecule has 23 heavy (non-hydrogen) atoms. The van der Waals surface area contributed by atoms with Crippen molar-refractivity contribution in [2.45, 2.75) is 26.9 Å². The molecule has 2 heterocycles. The van der Waals surface area contributed by atoms with Gasteiger partial charge in [0.1, 0.15) is 5.75 Å². The molecule has 8 heteroatoms. The van der Waals surface area contributed by atoms with Crippen LogP contribution < -0.4 is 10.1 Å². The molecule has 0 unspecified atom stereocenters. The van der Waals surface area contributed by atoms with Crippen molar-refractivity contribution in [3.05, 3.63) is 30.2 Å². The van der Waals surface area contributed by atoms with Crippen LogP contribution in [0.15, 0.2) is 24.7 Å². The highest BCUT2D eigenvalue weighted by Crippen LogP contribution is 2.30. The number of likely N-dealkylation sites (N-methyl/N-ethyl adjacent to an activating group) is 1. The number of ether oxygens (including phenoxy) is 1. The minimum absolute atomic E-state index is 0.270. The number of nitrogens with one attached hydrogen (secondary N) is 1. The maximum atomic E-state index is 12.1. The fraction of sp³-hybridized carbons (Fsp3) is 0.400. The van der Waals surface area contributed by atoms with Gasteiger partial charge >= 0.3 is 6.03 Å². The number of amides is 2. The number of pyridine rings is 1. The number of rotatable bonds is 6. The summed E-state index contributed by atoms with van der Waals surface area (Å²) < 4.78 is 5.66. The lowest BCUT2D eigenvalue weighted by Gasteiger charge is -2.21. The Morgan fingerprint density at radius 2 is 2.26 bits per heavy atom. The first-order valence-electron chi connectivity index (χ1n) is 7.27. The maximum Gasteiger partial charge on any atom is 0.323 e. The summed E-state index contributed by atoms with van der Waals surface area (Å²) in [7, 11) is 0. The number of aromatic nitrogens is 2. The van der Waals surface area contributed by atoms with Crippen molar-refractivity contribution < 1.29 is 14.6 Å². The van der Waals surface area contributed by atoms with E-state index in [1.165, 1.54) is 16.2 Å². The number of aryl methyl sites for hydroxylation is 1. The summed E-state index contributed by atoms with van der Waals surface area (Å²) in [5.74, 6) is 0.621.